The highest BCUT2D eigenvalue weighted by molar-refractivity contribution is 7.55. The maximum absolute atomic E-state index is 12.2. The molecule has 0 bridgehead atoms. The summed E-state index contributed by atoms with van der Waals surface area (Å²) in [4.78, 5) is 11.8. The highest BCUT2D eigenvalue weighted by atomic mass is 31.2. The van der Waals surface area contributed by atoms with Gasteiger partial charge in [-0.3, -0.25) is 9.36 Å². The summed E-state index contributed by atoms with van der Waals surface area (Å²) in [6.45, 7) is 3.74. The number of nitrogens with one attached hydrogen (secondary N) is 1. The standard InChI is InChI=1S/C14H22NO5P/c1-3-19-21(18,20-4-2)14(17)13(16)15-11-10-12-8-6-5-7-9-12/h5-9,14,17H,3-4,10-11H2,1-2H3,(H,15,16). The molecule has 1 atom stereocenters. The summed E-state index contributed by atoms with van der Waals surface area (Å²) in [7, 11) is -3.84. The summed E-state index contributed by atoms with van der Waals surface area (Å²) in [5.41, 5.74) is 1.06. The average Bonchev–Trinajstić information content (AvgIpc) is 2.48. The van der Waals surface area contributed by atoms with E-state index in [1.165, 1.54) is 0 Å². The van der Waals surface area contributed by atoms with Crippen molar-refractivity contribution >= 4 is 13.5 Å². The summed E-state index contributed by atoms with van der Waals surface area (Å²) < 4.78 is 22.1. The van der Waals surface area contributed by atoms with Crippen LogP contribution in [0.1, 0.15) is 19.4 Å². The summed E-state index contributed by atoms with van der Waals surface area (Å²) >= 11 is 0. The Kier molecular flexibility index (Phi) is 7.61. The molecule has 0 aliphatic heterocycles. The van der Waals surface area contributed by atoms with E-state index in [0.717, 1.165) is 5.56 Å². The van der Waals surface area contributed by atoms with E-state index in [2.05, 4.69) is 5.32 Å². The lowest BCUT2D eigenvalue weighted by atomic mass is 10.1. The number of benzene rings is 1. The SMILES string of the molecule is CCOP(=O)(OCC)C(O)C(=O)NCCc1ccccc1. The number of hydrogen-bond donors (Lipinski definition) is 2. The second-order valence-corrected chi connectivity index (χ2v) is 6.36. The molecule has 0 spiro atoms. The maximum Gasteiger partial charge on any atom is 0.368 e. The third-order valence-corrected chi connectivity index (χ3v) is 4.78. The van der Waals surface area contributed by atoms with Crippen molar-refractivity contribution < 1.29 is 23.5 Å². The molecule has 1 aromatic rings. The van der Waals surface area contributed by atoms with Gasteiger partial charge in [-0.05, 0) is 25.8 Å². The minimum Gasteiger partial charge on any atom is -0.372 e. The third-order valence-electron chi connectivity index (χ3n) is 2.71. The summed E-state index contributed by atoms with van der Waals surface area (Å²) in [5.74, 6) is -2.57. The molecule has 1 amide bonds. The number of rotatable bonds is 9. The molecule has 7 heteroatoms. The van der Waals surface area contributed by atoms with Crippen LogP contribution in [0, 0.1) is 0 Å². The van der Waals surface area contributed by atoms with E-state index in [1.54, 1.807) is 13.8 Å². The van der Waals surface area contributed by atoms with Gasteiger partial charge in [0.05, 0.1) is 13.2 Å². The number of aliphatic hydroxyl groups is 1. The van der Waals surface area contributed by atoms with Crippen molar-refractivity contribution in [2.75, 3.05) is 19.8 Å². The molecule has 6 nitrogen and oxygen atoms in total. The monoisotopic (exact) mass is 315 g/mol. The lowest BCUT2D eigenvalue weighted by Gasteiger charge is -2.21. The molecule has 0 aliphatic rings. The number of carbonyl (C=O) groups excluding carboxylic acids is 1. The van der Waals surface area contributed by atoms with Crippen molar-refractivity contribution in [3.63, 3.8) is 0 Å². The first-order valence-electron chi connectivity index (χ1n) is 6.92. The molecule has 2 N–H and O–H groups in total. The molecule has 1 rings (SSSR count). The number of aliphatic hydroxyl groups excluding tert-OH is 1. The molecular weight excluding hydrogens is 293 g/mol. The summed E-state index contributed by atoms with van der Waals surface area (Å²) in [5, 5.41) is 12.4. The van der Waals surface area contributed by atoms with Crippen LogP contribution in [-0.4, -0.2) is 36.6 Å². The van der Waals surface area contributed by atoms with E-state index in [4.69, 9.17) is 9.05 Å². The number of carbonyl (C=O) groups is 1. The molecule has 0 aliphatic carbocycles. The van der Waals surface area contributed by atoms with E-state index in [-0.39, 0.29) is 13.2 Å². The summed E-state index contributed by atoms with van der Waals surface area (Å²) in [6, 6.07) is 9.60. The van der Waals surface area contributed by atoms with Crippen LogP contribution in [0.15, 0.2) is 30.3 Å². The van der Waals surface area contributed by atoms with Gasteiger partial charge < -0.3 is 19.5 Å². The van der Waals surface area contributed by atoms with Crippen LogP contribution in [0.25, 0.3) is 0 Å². The van der Waals surface area contributed by atoms with Gasteiger partial charge in [-0.25, -0.2) is 0 Å². The molecule has 1 unspecified atom stereocenters. The van der Waals surface area contributed by atoms with E-state index >= 15 is 0 Å². The van der Waals surface area contributed by atoms with Gasteiger partial charge in [0.2, 0.25) is 5.85 Å². The predicted molar refractivity (Wildman–Crippen MR) is 80.0 cm³/mol. The van der Waals surface area contributed by atoms with Gasteiger partial charge >= 0.3 is 7.60 Å². The van der Waals surface area contributed by atoms with Crippen molar-refractivity contribution in [3.8, 4) is 0 Å². The highest BCUT2D eigenvalue weighted by Crippen LogP contribution is 2.51. The number of amides is 1. The summed E-state index contributed by atoms with van der Waals surface area (Å²) in [6.07, 6.45) is 0.618. The first kappa shape index (κ1) is 17.9. The van der Waals surface area contributed by atoms with E-state index in [0.29, 0.717) is 13.0 Å². The third kappa shape index (κ3) is 5.59. The second-order valence-electron chi connectivity index (χ2n) is 4.28. The molecular formula is C14H22NO5P. The first-order chi connectivity index (χ1) is 10.0. The van der Waals surface area contributed by atoms with Crippen LogP contribution in [-0.2, 0) is 24.8 Å². The fourth-order valence-corrected chi connectivity index (χ4v) is 3.20. The quantitative estimate of drug-likeness (QED) is 0.680. The first-order valence-corrected chi connectivity index (χ1v) is 8.53. The Bertz CT molecular complexity index is 470. The molecule has 0 aromatic heterocycles. The molecule has 0 saturated heterocycles. The fourth-order valence-electron chi connectivity index (χ4n) is 1.75. The van der Waals surface area contributed by atoms with Gasteiger partial charge in [-0.15, -0.1) is 0 Å². The van der Waals surface area contributed by atoms with E-state index in [9.17, 15) is 14.5 Å². The molecule has 0 radical (unpaired) electrons. The van der Waals surface area contributed by atoms with Crippen LogP contribution in [0.5, 0.6) is 0 Å². The van der Waals surface area contributed by atoms with Gasteiger partial charge in [0, 0.05) is 6.54 Å². The van der Waals surface area contributed by atoms with Gasteiger partial charge in [-0.1, -0.05) is 30.3 Å². The zero-order chi connectivity index (χ0) is 15.7. The van der Waals surface area contributed by atoms with Crippen molar-refractivity contribution in [2.24, 2.45) is 0 Å². The van der Waals surface area contributed by atoms with Gasteiger partial charge in [0.15, 0.2) is 0 Å². The highest BCUT2D eigenvalue weighted by Gasteiger charge is 2.39. The molecule has 0 saturated carbocycles. The van der Waals surface area contributed by atoms with Crippen LogP contribution in [0.2, 0.25) is 0 Å². The normalized spacial score (nSPS) is 12.9. The average molecular weight is 315 g/mol. The van der Waals surface area contributed by atoms with Crippen molar-refractivity contribution in [1.29, 1.82) is 0 Å². The minimum atomic E-state index is -3.84. The second kappa shape index (κ2) is 8.95. The fraction of sp³-hybridized carbons (Fsp3) is 0.500. The molecule has 118 valence electrons. The molecule has 21 heavy (non-hydrogen) atoms. The zero-order valence-electron chi connectivity index (χ0n) is 12.3. The van der Waals surface area contributed by atoms with Crippen LogP contribution < -0.4 is 5.32 Å². The maximum atomic E-state index is 12.2. The topological polar surface area (TPSA) is 84.9 Å². The Morgan fingerprint density at radius 2 is 1.81 bits per heavy atom. The van der Waals surface area contributed by atoms with Crippen molar-refractivity contribution in [2.45, 2.75) is 26.1 Å². The smallest absolute Gasteiger partial charge is 0.368 e. The Morgan fingerprint density at radius 1 is 1.24 bits per heavy atom. The Hall–Kier alpha value is -1.20. The van der Waals surface area contributed by atoms with Crippen molar-refractivity contribution in [3.05, 3.63) is 35.9 Å². The Morgan fingerprint density at radius 3 is 2.33 bits per heavy atom. The number of hydrogen-bond acceptors (Lipinski definition) is 5. The molecule has 0 fully saturated rings. The lowest BCUT2D eigenvalue weighted by molar-refractivity contribution is -0.126. The lowest BCUT2D eigenvalue weighted by Crippen LogP contribution is -2.36. The predicted octanol–water partition coefficient (Wildman–Crippen LogP) is 1.93. The van der Waals surface area contributed by atoms with Gasteiger partial charge in [0.25, 0.3) is 5.91 Å². The van der Waals surface area contributed by atoms with Crippen LogP contribution in [0.4, 0.5) is 0 Å². The minimum absolute atomic E-state index is 0.0889. The van der Waals surface area contributed by atoms with E-state index in [1.807, 2.05) is 30.3 Å². The Balaban J connectivity index is 2.51. The van der Waals surface area contributed by atoms with Crippen LogP contribution in [0.3, 0.4) is 0 Å². The molecule has 0 heterocycles. The van der Waals surface area contributed by atoms with Gasteiger partial charge in [0.1, 0.15) is 0 Å². The Labute approximate surface area is 125 Å². The van der Waals surface area contributed by atoms with Crippen LogP contribution >= 0.6 is 7.60 Å². The molecule has 1 aromatic carbocycles. The van der Waals surface area contributed by atoms with Crippen molar-refractivity contribution in [1.82, 2.24) is 5.32 Å². The van der Waals surface area contributed by atoms with Gasteiger partial charge in [-0.2, -0.15) is 0 Å². The zero-order valence-corrected chi connectivity index (χ0v) is 13.2. The van der Waals surface area contributed by atoms with E-state index < -0.39 is 19.3 Å². The largest absolute Gasteiger partial charge is 0.372 e.